The van der Waals surface area contributed by atoms with Gasteiger partial charge in [0.15, 0.2) is 0 Å². The largest absolute Gasteiger partial charge is 0.468 e. The van der Waals surface area contributed by atoms with Crippen molar-refractivity contribution in [3.63, 3.8) is 0 Å². The third-order valence-corrected chi connectivity index (χ3v) is 5.85. The maximum atomic E-state index is 6.19. The Hall–Kier alpha value is -1.14. The van der Waals surface area contributed by atoms with Crippen LogP contribution in [0.15, 0.2) is 39.6 Å². The number of hydrogen-bond donors (Lipinski definition) is 0. The minimum absolute atomic E-state index is 0.322. The molecule has 2 aliphatic heterocycles. The summed E-state index contributed by atoms with van der Waals surface area (Å²) in [5.74, 6) is 1.02. The van der Waals surface area contributed by atoms with Gasteiger partial charge in [0.2, 0.25) is 0 Å². The van der Waals surface area contributed by atoms with E-state index in [9.17, 15) is 0 Å². The van der Waals surface area contributed by atoms with Crippen molar-refractivity contribution in [2.45, 2.75) is 44.1 Å². The van der Waals surface area contributed by atoms with E-state index in [1.807, 2.05) is 12.1 Å². The zero-order chi connectivity index (χ0) is 15.6. The fourth-order valence-electron chi connectivity index (χ4n) is 3.98. The number of ether oxygens (including phenoxy) is 1. The normalized spacial score (nSPS) is 28.3. The standard InChI is InChI=1S/C18H24N2O2S/c1-19(11-15-4-2-7-21-15)17-12-20(10-14-6-9-23-13-14)16-5-3-8-22-18(16)17/h2,4,6-7,9,13,16-18H,3,5,8,10-12H2,1H3/t16-,17-,18+/m1/s1. The second-order valence-electron chi connectivity index (χ2n) is 6.67. The highest BCUT2D eigenvalue weighted by atomic mass is 32.1. The molecule has 4 rings (SSSR count). The lowest BCUT2D eigenvalue weighted by molar-refractivity contribution is -0.0391. The van der Waals surface area contributed by atoms with Crippen molar-refractivity contribution < 1.29 is 9.15 Å². The van der Waals surface area contributed by atoms with Gasteiger partial charge >= 0.3 is 0 Å². The summed E-state index contributed by atoms with van der Waals surface area (Å²) in [6.07, 6.45) is 4.50. The highest BCUT2D eigenvalue weighted by Crippen LogP contribution is 2.33. The molecule has 0 saturated carbocycles. The Labute approximate surface area is 141 Å². The average Bonchev–Trinajstić information content (AvgIpc) is 3.29. The smallest absolute Gasteiger partial charge is 0.117 e. The van der Waals surface area contributed by atoms with E-state index in [4.69, 9.17) is 9.15 Å². The highest BCUT2D eigenvalue weighted by molar-refractivity contribution is 7.07. The van der Waals surface area contributed by atoms with Crippen molar-refractivity contribution in [1.29, 1.82) is 0 Å². The predicted octanol–water partition coefficient (Wildman–Crippen LogP) is 3.20. The number of fused-ring (bicyclic) bond motifs is 1. The lowest BCUT2D eigenvalue weighted by Crippen LogP contribution is -2.46. The van der Waals surface area contributed by atoms with Crippen molar-refractivity contribution in [1.82, 2.24) is 9.80 Å². The molecule has 2 fully saturated rings. The van der Waals surface area contributed by atoms with Crippen LogP contribution in [0.3, 0.4) is 0 Å². The molecule has 2 saturated heterocycles. The van der Waals surface area contributed by atoms with Gasteiger partial charge in [-0.05, 0) is 54.4 Å². The molecule has 23 heavy (non-hydrogen) atoms. The average molecular weight is 332 g/mol. The van der Waals surface area contributed by atoms with Crippen molar-refractivity contribution in [3.05, 3.63) is 46.5 Å². The maximum absolute atomic E-state index is 6.19. The van der Waals surface area contributed by atoms with Crippen LogP contribution in [0.1, 0.15) is 24.2 Å². The van der Waals surface area contributed by atoms with E-state index in [1.54, 1.807) is 17.6 Å². The molecule has 4 heterocycles. The van der Waals surface area contributed by atoms with Gasteiger partial charge in [-0.2, -0.15) is 11.3 Å². The lowest BCUT2D eigenvalue weighted by Gasteiger charge is -2.34. The molecule has 3 atom stereocenters. The molecule has 4 nitrogen and oxygen atoms in total. The van der Waals surface area contributed by atoms with Crippen molar-refractivity contribution in [2.24, 2.45) is 0 Å². The molecule has 2 aliphatic rings. The first-order valence-electron chi connectivity index (χ1n) is 8.40. The fraction of sp³-hybridized carbons (Fsp3) is 0.556. The maximum Gasteiger partial charge on any atom is 0.117 e. The fourth-order valence-corrected chi connectivity index (χ4v) is 4.64. The molecule has 2 aromatic heterocycles. The van der Waals surface area contributed by atoms with Crippen LogP contribution in [-0.2, 0) is 17.8 Å². The number of nitrogens with zero attached hydrogens (tertiary/aromatic N) is 2. The van der Waals surface area contributed by atoms with Crippen LogP contribution >= 0.6 is 11.3 Å². The number of rotatable bonds is 5. The topological polar surface area (TPSA) is 28.9 Å². The van der Waals surface area contributed by atoms with Gasteiger partial charge in [-0.1, -0.05) is 0 Å². The molecule has 0 N–H and O–H groups in total. The highest BCUT2D eigenvalue weighted by Gasteiger charge is 2.45. The first-order valence-corrected chi connectivity index (χ1v) is 9.35. The van der Waals surface area contributed by atoms with Gasteiger partial charge < -0.3 is 9.15 Å². The van der Waals surface area contributed by atoms with Crippen LogP contribution < -0.4 is 0 Å². The van der Waals surface area contributed by atoms with Gasteiger partial charge in [0.1, 0.15) is 5.76 Å². The molecular weight excluding hydrogens is 308 g/mol. The second-order valence-corrected chi connectivity index (χ2v) is 7.45. The van der Waals surface area contributed by atoms with E-state index in [0.29, 0.717) is 18.2 Å². The van der Waals surface area contributed by atoms with Crippen molar-refractivity contribution in [2.75, 3.05) is 20.2 Å². The summed E-state index contributed by atoms with van der Waals surface area (Å²) in [6, 6.07) is 7.23. The van der Waals surface area contributed by atoms with Crippen LogP contribution in [0.2, 0.25) is 0 Å². The molecule has 2 aromatic rings. The van der Waals surface area contributed by atoms with E-state index in [2.05, 4.69) is 33.7 Å². The van der Waals surface area contributed by atoms with E-state index in [-0.39, 0.29) is 0 Å². The molecule has 0 unspecified atom stereocenters. The third-order valence-electron chi connectivity index (χ3n) is 5.12. The van der Waals surface area contributed by atoms with Crippen LogP contribution in [0.5, 0.6) is 0 Å². The van der Waals surface area contributed by atoms with E-state index in [1.165, 1.54) is 18.4 Å². The van der Waals surface area contributed by atoms with Gasteiger partial charge in [0, 0.05) is 25.7 Å². The summed E-state index contributed by atoms with van der Waals surface area (Å²) in [5, 5.41) is 4.43. The Bertz CT molecular complexity index is 599. The summed E-state index contributed by atoms with van der Waals surface area (Å²) in [6.45, 7) is 3.86. The first kappa shape index (κ1) is 15.4. The SMILES string of the molecule is CN(Cc1ccco1)[C@@H]1CN(Cc2ccsc2)[C@@H]2CCCO[C@H]12. The van der Waals surface area contributed by atoms with Crippen LogP contribution in [0.4, 0.5) is 0 Å². The number of likely N-dealkylation sites (tertiary alicyclic amines) is 1. The molecule has 0 radical (unpaired) electrons. The molecule has 124 valence electrons. The molecule has 0 amide bonds. The summed E-state index contributed by atoms with van der Waals surface area (Å²) in [4.78, 5) is 5.02. The molecular formula is C18H24N2O2S. The number of hydrogen-bond acceptors (Lipinski definition) is 5. The van der Waals surface area contributed by atoms with E-state index in [0.717, 1.165) is 32.0 Å². The Kier molecular flexibility index (Phi) is 4.53. The Balaban J connectivity index is 1.48. The van der Waals surface area contributed by atoms with Crippen molar-refractivity contribution >= 4 is 11.3 Å². The minimum Gasteiger partial charge on any atom is -0.468 e. The lowest BCUT2D eigenvalue weighted by atomic mass is 10.00. The zero-order valence-electron chi connectivity index (χ0n) is 13.6. The monoisotopic (exact) mass is 332 g/mol. The van der Waals surface area contributed by atoms with Gasteiger partial charge in [-0.25, -0.2) is 0 Å². The number of thiophene rings is 1. The van der Waals surface area contributed by atoms with Gasteiger partial charge in [0.05, 0.1) is 25.0 Å². The third kappa shape index (κ3) is 3.24. The number of furan rings is 1. The van der Waals surface area contributed by atoms with Crippen LogP contribution in [0, 0.1) is 0 Å². The Morgan fingerprint density at radius 2 is 2.35 bits per heavy atom. The summed E-state index contributed by atoms with van der Waals surface area (Å²) in [5.41, 5.74) is 1.42. The number of likely N-dealkylation sites (N-methyl/N-ethyl adjacent to an activating group) is 1. The van der Waals surface area contributed by atoms with Crippen LogP contribution in [0.25, 0.3) is 0 Å². The Morgan fingerprint density at radius 3 is 3.13 bits per heavy atom. The zero-order valence-corrected chi connectivity index (χ0v) is 14.4. The predicted molar refractivity (Wildman–Crippen MR) is 91.5 cm³/mol. The van der Waals surface area contributed by atoms with E-state index < -0.39 is 0 Å². The molecule has 5 heteroatoms. The summed E-state index contributed by atoms with van der Waals surface area (Å²) >= 11 is 1.78. The summed E-state index contributed by atoms with van der Waals surface area (Å²) < 4.78 is 11.7. The molecule has 0 spiro atoms. The first-order chi connectivity index (χ1) is 11.3. The van der Waals surface area contributed by atoms with Gasteiger partial charge in [-0.15, -0.1) is 0 Å². The van der Waals surface area contributed by atoms with Gasteiger partial charge in [-0.3, -0.25) is 9.80 Å². The summed E-state index contributed by atoms with van der Waals surface area (Å²) in [7, 11) is 2.19. The van der Waals surface area contributed by atoms with Crippen molar-refractivity contribution in [3.8, 4) is 0 Å². The Morgan fingerprint density at radius 1 is 1.39 bits per heavy atom. The minimum atomic E-state index is 0.322. The quantitative estimate of drug-likeness (QED) is 0.841. The molecule has 0 aromatic carbocycles. The van der Waals surface area contributed by atoms with Gasteiger partial charge in [0.25, 0.3) is 0 Å². The van der Waals surface area contributed by atoms with Crippen LogP contribution in [-0.4, -0.2) is 48.2 Å². The second kappa shape index (κ2) is 6.77. The molecule has 0 bridgehead atoms. The molecule has 0 aliphatic carbocycles. The van der Waals surface area contributed by atoms with E-state index >= 15 is 0 Å².